The number of halogens is 1. The molecule has 1 amide bonds. The molecule has 1 atom stereocenters. The lowest BCUT2D eigenvalue weighted by Crippen LogP contribution is -2.49. The average Bonchev–Trinajstić information content (AvgIpc) is 2.59. The first kappa shape index (κ1) is 21.3. The van der Waals surface area contributed by atoms with Gasteiger partial charge >= 0.3 is 0 Å². The van der Waals surface area contributed by atoms with Crippen LogP contribution in [0.2, 0.25) is 5.02 Å². The van der Waals surface area contributed by atoms with Gasteiger partial charge in [0.2, 0.25) is 15.9 Å². The van der Waals surface area contributed by atoms with Crippen LogP contribution in [-0.2, 0) is 21.4 Å². The molecule has 0 bridgehead atoms. The molecule has 0 unspecified atom stereocenters. The fourth-order valence-corrected chi connectivity index (χ4v) is 4.29. The van der Waals surface area contributed by atoms with Crippen molar-refractivity contribution >= 4 is 33.2 Å². The molecule has 0 heterocycles. The minimum absolute atomic E-state index is 0.332. The number of amides is 1. The summed E-state index contributed by atoms with van der Waals surface area (Å²) in [7, 11) is -3.68. The molecule has 7 heteroatoms. The van der Waals surface area contributed by atoms with Crippen molar-refractivity contribution in [3.05, 3.63) is 64.2 Å². The third kappa shape index (κ3) is 5.47. The number of anilines is 1. The summed E-state index contributed by atoms with van der Waals surface area (Å²) in [6, 6.07) is 11.9. The molecule has 2 aromatic carbocycles. The van der Waals surface area contributed by atoms with Gasteiger partial charge in [-0.3, -0.25) is 9.10 Å². The highest BCUT2D eigenvalue weighted by atomic mass is 35.5. The maximum absolute atomic E-state index is 12.8. The molecule has 2 aromatic rings. The molecule has 0 spiro atoms. The van der Waals surface area contributed by atoms with E-state index in [2.05, 4.69) is 5.32 Å². The van der Waals surface area contributed by atoms with Gasteiger partial charge < -0.3 is 5.32 Å². The van der Waals surface area contributed by atoms with Crippen LogP contribution in [0.15, 0.2) is 42.5 Å². The first-order valence-corrected chi connectivity index (χ1v) is 10.9. The van der Waals surface area contributed by atoms with Crippen LogP contribution in [0.25, 0.3) is 0 Å². The number of aryl methyl sites for hydroxylation is 2. The van der Waals surface area contributed by atoms with Gasteiger partial charge in [-0.2, -0.15) is 0 Å². The lowest BCUT2D eigenvalue weighted by Gasteiger charge is -2.30. The predicted molar refractivity (Wildman–Crippen MR) is 111 cm³/mol. The van der Waals surface area contributed by atoms with Crippen molar-refractivity contribution in [1.29, 1.82) is 0 Å². The maximum Gasteiger partial charge on any atom is 0.244 e. The number of hydrogen-bond acceptors (Lipinski definition) is 3. The van der Waals surface area contributed by atoms with E-state index in [0.29, 0.717) is 23.7 Å². The molecule has 0 saturated carbocycles. The first-order chi connectivity index (χ1) is 12.6. The van der Waals surface area contributed by atoms with Gasteiger partial charge in [0, 0.05) is 11.6 Å². The second-order valence-electron chi connectivity index (χ2n) is 6.62. The van der Waals surface area contributed by atoms with Gasteiger partial charge in [0.25, 0.3) is 0 Å². The summed E-state index contributed by atoms with van der Waals surface area (Å²) in [5.41, 5.74) is 3.28. The second-order valence-corrected chi connectivity index (χ2v) is 8.89. The van der Waals surface area contributed by atoms with E-state index in [1.54, 1.807) is 25.1 Å². The molecule has 5 nitrogen and oxygen atoms in total. The van der Waals surface area contributed by atoms with E-state index in [-0.39, 0.29) is 5.91 Å². The third-order valence-electron chi connectivity index (χ3n) is 4.29. The molecule has 2 rings (SSSR count). The van der Waals surface area contributed by atoms with Gasteiger partial charge in [-0.05, 0) is 43.5 Å². The molecular weight excluding hydrogens is 384 g/mol. The average molecular weight is 409 g/mol. The smallest absolute Gasteiger partial charge is 0.244 e. The first-order valence-electron chi connectivity index (χ1n) is 8.72. The van der Waals surface area contributed by atoms with E-state index in [1.807, 2.05) is 38.1 Å². The Hall–Kier alpha value is -2.05. The van der Waals surface area contributed by atoms with Crippen molar-refractivity contribution in [2.24, 2.45) is 0 Å². The minimum atomic E-state index is -3.68. The number of nitrogens with zero attached hydrogens (tertiary/aromatic N) is 1. The summed E-state index contributed by atoms with van der Waals surface area (Å²) < 4.78 is 26.1. The van der Waals surface area contributed by atoms with Crippen LogP contribution >= 0.6 is 11.6 Å². The van der Waals surface area contributed by atoms with Crippen molar-refractivity contribution in [3.63, 3.8) is 0 Å². The third-order valence-corrected chi connectivity index (χ3v) is 5.88. The van der Waals surface area contributed by atoms with Crippen LogP contribution in [0, 0.1) is 13.8 Å². The topological polar surface area (TPSA) is 66.5 Å². The summed E-state index contributed by atoms with van der Waals surface area (Å²) in [4.78, 5) is 12.8. The summed E-state index contributed by atoms with van der Waals surface area (Å²) >= 11 is 6.17. The quantitative estimate of drug-likeness (QED) is 0.757. The Labute approximate surface area is 166 Å². The molecule has 1 N–H and O–H groups in total. The molecule has 27 heavy (non-hydrogen) atoms. The van der Waals surface area contributed by atoms with Gasteiger partial charge in [-0.1, -0.05) is 54.4 Å². The lowest BCUT2D eigenvalue weighted by molar-refractivity contribution is -0.122. The number of carbonyl (C=O) groups is 1. The largest absolute Gasteiger partial charge is 0.350 e. The Morgan fingerprint density at radius 2 is 1.89 bits per heavy atom. The molecule has 146 valence electrons. The van der Waals surface area contributed by atoms with Gasteiger partial charge in [0.05, 0.1) is 11.9 Å². The molecule has 0 radical (unpaired) electrons. The summed E-state index contributed by atoms with van der Waals surface area (Å²) in [6.07, 6.45) is 1.43. The van der Waals surface area contributed by atoms with Crippen molar-refractivity contribution in [2.45, 2.75) is 39.8 Å². The molecule has 0 aliphatic rings. The van der Waals surface area contributed by atoms with Crippen LogP contribution in [0.1, 0.15) is 30.0 Å². The fourth-order valence-electron chi connectivity index (χ4n) is 2.91. The number of hydrogen-bond donors (Lipinski definition) is 1. The number of nitrogens with one attached hydrogen (secondary N) is 1. The Morgan fingerprint density at radius 3 is 2.44 bits per heavy atom. The zero-order chi connectivity index (χ0) is 20.2. The minimum Gasteiger partial charge on any atom is -0.350 e. The Bertz CT molecular complexity index is 929. The van der Waals surface area contributed by atoms with Gasteiger partial charge in [0.15, 0.2) is 0 Å². The zero-order valence-electron chi connectivity index (χ0n) is 16.0. The molecule has 0 aromatic heterocycles. The van der Waals surface area contributed by atoms with Crippen molar-refractivity contribution in [3.8, 4) is 0 Å². The number of carbonyl (C=O) groups excluding carboxylic acids is 1. The zero-order valence-corrected chi connectivity index (χ0v) is 17.6. The van der Waals surface area contributed by atoms with Crippen LogP contribution in [0.4, 0.5) is 5.69 Å². The van der Waals surface area contributed by atoms with Crippen molar-refractivity contribution in [2.75, 3.05) is 10.6 Å². The van der Waals surface area contributed by atoms with Crippen LogP contribution in [-0.4, -0.2) is 26.6 Å². The highest BCUT2D eigenvalue weighted by molar-refractivity contribution is 7.92. The molecule has 0 fully saturated rings. The number of rotatable bonds is 7. The van der Waals surface area contributed by atoms with E-state index in [0.717, 1.165) is 27.3 Å². The normalized spacial score (nSPS) is 12.5. The van der Waals surface area contributed by atoms with Crippen molar-refractivity contribution in [1.82, 2.24) is 5.32 Å². The molecule has 0 saturated heterocycles. The monoisotopic (exact) mass is 408 g/mol. The Morgan fingerprint density at radius 1 is 1.19 bits per heavy atom. The van der Waals surface area contributed by atoms with E-state index in [9.17, 15) is 13.2 Å². The molecule has 0 aliphatic carbocycles. The highest BCUT2D eigenvalue weighted by Gasteiger charge is 2.31. The lowest BCUT2D eigenvalue weighted by atomic mass is 10.1. The summed E-state index contributed by atoms with van der Waals surface area (Å²) in [6.45, 7) is 5.93. The predicted octanol–water partition coefficient (Wildman–Crippen LogP) is 3.82. The maximum atomic E-state index is 12.8. The second kappa shape index (κ2) is 8.76. The summed E-state index contributed by atoms with van der Waals surface area (Å²) in [5, 5.41) is 3.30. The van der Waals surface area contributed by atoms with E-state index in [4.69, 9.17) is 11.6 Å². The van der Waals surface area contributed by atoms with Crippen LogP contribution in [0.5, 0.6) is 0 Å². The summed E-state index contributed by atoms with van der Waals surface area (Å²) in [5.74, 6) is -0.346. The van der Waals surface area contributed by atoms with E-state index >= 15 is 0 Å². The van der Waals surface area contributed by atoms with Crippen LogP contribution < -0.4 is 9.62 Å². The van der Waals surface area contributed by atoms with Crippen LogP contribution in [0.3, 0.4) is 0 Å². The van der Waals surface area contributed by atoms with Crippen molar-refractivity contribution < 1.29 is 13.2 Å². The fraction of sp³-hybridized carbons (Fsp3) is 0.350. The highest BCUT2D eigenvalue weighted by Crippen LogP contribution is 2.27. The Balaban J connectivity index is 2.28. The van der Waals surface area contributed by atoms with E-state index < -0.39 is 16.1 Å². The van der Waals surface area contributed by atoms with Gasteiger partial charge in [-0.25, -0.2) is 8.42 Å². The van der Waals surface area contributed by atoms with Gasteiger partial charge in [-0.15, -0.1) is 0 Å². The standard InChI is InChI=1S/C20H25ClN2O3S/c1-5-19(20(24)22-13-16-8-6-7-14(2)11-16)23(27(4,25)26)17-10-9-15(3)18(21)12-17/h6-12,19H,5,13H2,1-4H3,(H,22,24)/t19-/m0/s1. The number of benzene rings is 2. The SMILES string of the molecule is CC[C@@H](C(=O)NCc1cccc(C)c1)N(c1ccc(C)c(Cl)c1)S(C)(=O)=O. The molecule has 0 aliphatic heterocycles. The Kier molecular flexibility index (Phi) is 6.89. The van der Waals surface area contributed by atoms with Gasteiger partial charge in [0.1, 0.15) is 6.04 Å². The number of sulfonamides is 1. The molecular formula is C20H25ClN2O3S. The van der Waals surface area contributed by atoms with E-state index in [1.165, 1.54) is 0 Å².